The Bertz CT molecular complexity index is 455. The molecule has 0 aliphatic carbocycles. The molecule has 0 aliphatic heterocycles. The minimum absolute atomic E-state index is 0.102. The van der Waals surface area contributed by atoms with Gasteiger partial charge in [-0.3, -0.25) is 0 Å². The molecule has 0 atom stereocenters. The lowest BCUT2D eigenvalue weighted by Crippen LogP contribution is -2.02. The van der Waals surface area contributed by atoms with Crippen molar-refractivity contribution in [3.63, 3.8) is 0 Å². The summed E-state index contributed by atoms with van der Waals surface area (Å²) in [6.07, 6.45) is 2.47. The van der Waals surface area contributed by atoms with E-state index < -0.39 is 5.97 Å². The lowest BCUT2D eigenvalue weighted by Gasteiger charge is -2.04. The number of anilines is 1. The molecule has 0 spiro atoms. The maximum Gasteiger partial charge on any atom is 0.330 e. The van der Waals surface area contributed by atoms with Gasteiger partial charge in [0.05, 0.1) is 12.8 Å². The van der Waals surface area contributed by atoms with E-state index in [0.717, 1.165) is 6.08 Å². The first-order chi connectivity index (χ1) is 7.54. The third kappa shape index (κ3) is 3.10. The van der Waals surface area contributed by atoms with Crippen molar-refractivity contribution in [3.05, 3.63) is 40.9 Å². The van der Waals surface area contributed by atoms with Crippen LogP contribution >= 0.6 is 11.6 Å². The molecule has 0 fully saturated rings. The number of nitrogens with two attached hydrogens (primary N) is 1. The molecule has 16 heavy (non-hydrogen) atoms. The summed E-state index contributed by atoms with van der Waals surface area (Å²) in [7, 11) is 1.27. The second-order valence-corrected chi connectivity index (χ2v) is 3.44. The molecule has 0 saturated heterocycles. The van der Waals surface area contributed by atoms with E-state index in [1.807, 2.05) is 0 Å². The molecule has 1 rings (SSSR count). The van der Waals surface area contributed by atoms with Crippen molar-refractivity contribution in [1.29, 1.82) is 5.41 Å². The van der Waals surface area contributed by atoms with Crippen molar-refractivity contribution >= 4 is 29.0 Å². The van der Waals surface area contributed by atoms with Crippen LogP contribution in [0.5, 0.6) is 0 Å². The fourth-order valence-electron chi connectivity index (χ4n) is 1.07. The summed E-state index contributed by atoms with van der Waals surface area (Å²) in [6.45, 7) is 0. The first kappa shape index (κ1) is 12.3. The van der Waals surface area contributed by atoms with Crippen LogP contribution in [0.2, 0.25) is 5.02 Å². The second-order valence-electron chi connectivity index (χ2n) is 3.00. The number of benzene rings is 1. The molecule has 1 aromatic carbocycles. The van der Waals surface area contributed by atoms with Gasteiger partial charge in [-0.25, -0.2) is 4.79 Å². The number of esters is 1. The SMILES string of the molecule is COC(=O)/C=C\C(=N)c1cc(Cl)ccc1N. The summed E-state index contributed by atoms with van der Waals surface area (Å²) in [6, 6.07) is 4.82. The fraction of sp³-hybridized carbons (Fsp3) is 0.0909. The van der Waals surface area contributed by atoms with Crippen molar-refractivity contribution in [3.8, 4) is 0 Å². The molecule has 5 heteroatoms. The molecule has 0 saturated carbocycles. The Labute approximate surface area is 98.2 Å². The molecule has 0 radical (unpaired) electrons. The topological polar surface area (TPSA) is 76.2 Å². The number of carbonyl (C=O) groups is 1. The van der Waals surface area contributed by atoms with E-state index in [1.165, 1.54) is 13.2 Å². The van der Waals surface area contributed by atoms with Gasteiger partial charge in [0.1, 0.15) is 0 Å². The monoisotopic (exact) mass is 238 g/mol. The highest BCUT2D eigenvalue weighted by molar-refractivity contribution is 6.31. The van der Waals surface area contributed by atoms with Crippen LogP contribution in [0.25, 0.3) is 0 Å². The van der Waals surface area contributed by atoms with Crippen molar-refractivity contribution in [1.82, 2.24) is 0 Å². The molecule has 1 aromatic rings. The number of rotatable bonds is 3. The molecule has 0 bridgehead atoms. The number of nitrogens with one attached hydrogen (secondary N) is 1. The van der Waals surface area contributed by atoms with Crippen LogP contribution in [-0.4, -0.2) is 18.8 Å². The van der Waals surface area contributed by atoms with Gasteiger partial charge in [0, 0.05) is 22.3 Å². The minimum atomic E-state index is -0.523. The molecule has 0 heterocycles. The third-order valence-corrected chi connectivity index (χ3v) is 2.13. The van der Waals surface area contributed by atoms with Crippen LogP contribution in [0.1, 0.15) is 5.56 Å². The molecule has 0 amide bonds. The van der Waals surface area contributed by atoms with Crippen molar-refractivity contribution in [2.75, 3.05) is 12.8 Å². The summed E-state index contributed by atoms with van der Waals surface area (Å²) in [5, 5.41) is 8.19. The zero-order valence-electron chi connectivity index (χ0n) is 8.66. The number of halogens is 1. The summed E-state index contributed by atoms with van der Waals surface area (Å²) < 4.78 is 4.41. The number of carbonyl (C=O) groups excluding carboxylic acids is 1. The summed E-state index contributed by atoms with van der Waals surface area (Å²) in [5.41, 5.74) is 6.70. The maximum atomic E-state index is 10.8. The highest BCUT2D eigenvalue weighted by atomic mass is 35.5. The van der Waals surface area contributed by atoms with Gasteiger partial charge in [-0.2, -0.15) is 0 Å². The minimum Gasteiger partial charge on any atom is -0.466 e. The van der Waals surface area contributed by atoms with Crippen LogP contribution in [-0.2, 0) is 9.53 Å². The summed E-state index contributed by atoms with van der Waals surface area (Å²) >= 11 is 5.78. The molecule has 3 N–H and O–H groups in total. The van der Waals surface area contributed by atoms with Crippen molar-refractivity contribution in [2.24, 2.45) is 0 Å². The molecule has 0 aromatic heterocycles. The van der Waals surface area contributed by atoms with E-state index in [9.17, 15) is 4.79 Å². The smallest absolute Gasteiger partial charge is 0.330 e. The summed E-state index contributed by atoms with van der Waals surface area (Å²) in [5.74, 6) is -0.523. The molecular formula is C11H11ClN2O2. The lowest BCUT2D eigenvalue weighted by molar-refractivity contribution is -0.134. The van der Waals surface area contributed by atoms with Gasteiger partial charge in [0.15, 0.2) is 0 Å². The maximum absolute atomic E-state index is 10.8. The number of ether oxygens (including phenoxy) is 1. The van der Waals surface area contributed by atoms with Gasteiger partial charge in [0.2, 0.25) is 0 Å². The van der Waals surface area contributed by atoms with Gasteiger partial charge in [-0.05, 0) is 24.3 Å². The Hall–Kier alpha value is -1.81. The number of hydrogen-bond acceptors (Lipinski definition) is 4. The normalized spacial score (nSPS) is 10.4. The number of methoxy groups -OCH3 is 1. The largest absolute Gasteiger partial charge is 0.466 e. The van der Waals surface area contributed by atoms with Crippen LogP contribution in [0.4, 0.5) is 5.69 Å². The van der Waals surface area contributed by atoms with Gasteiger partial charge in [0.25, 0.3) is 0 Å². The zero-order valence-corrected chi connectivity index (χ0v) is 9.41. The van der Waals surface area contributed by atoms with Crippen LogP contribution in [0.15, 0.2) is 30.4 Å². The van der Waals surface area contributed by atoms with E-state index >= 15 is 0 Å². The van der Waals surface area contributed by atoms with E-state index in [-0.39, 0.29) is 5.71 Å². The van der Waals surface area contributed by atoms with Crippen LogP contribution < -0.4 is 5.73 Å². The Balaban J connectivity index is 2.92. The quantitative estimate of drug-likeness (QED) is 0.366. The summed E-state index contributed by atoms with van der Waals surface area (Å²) in [4.78, 5) is 10.8. The highest BCUT2D eigenvalue weighted by Gasteiger charge is 2.04. The van der Waals surface area contributed by atoms with E-state index in [4.69, 9.17) is 22.7 Å². The van der Waals surface area contributed by atoms with Crippen molar-refractivity contribution < 1.29 is 9.53 Å². The van der Waals surface area contributed by atoms with Crippen LogP contribution in [0, 0.1) is 5.41 Å². The van der Waals surface area contributed by atoms with E-state index in [0.29, 0.717) is 16.3 Å². The average molecular weight is 239 g/mol. The predicted octanol–water partition coefficient (Wildman–Crippen LogP) is 2.02. The lowest BCUT2D eigenvalue weighted by atomic mass is 10.1. The zero-order chi connectivity index (χ0) is 12.1. The standard InChI is InChI=1S/C11H11ClN2O2/c1-16-11(15)5-4-10(14)8-6-7(12)2-3-9(8)13/h2-6,14H,13H2,1H3/b5-4-,14-10?. The number of hydrogen-bond donors (Lipinski definition) is 2. The Kier molecular flexibility index (Phi) is 4.08. The first-order valence-corrected chi connectivity index (χ1v) is 4.82. The third-order valence-electron chi connectivity index (χ3n) is 1.89. The average Bonchev–Trinajstić information content (AvgIpc) is 2.28. The van der Waals surface area contributed by atoms with E-state index in [2.05, 4.69) is 4.74 Å². The fourth-order valence-corrected chi connectivity index (χ4v) is 1.24. The van der Waals surface area contributed by atoms with E-state index in [1.54, 1.807) is 18.2 Å². The molecular weight excluding hydrogens is 228 g/mol. The first-order valence-electron chi connectivity index (χ1n) is 4.44. The molecule has 0 unspecified atom stereocenters. The Morgan fingerprint density at radius 1 is 1.50 bits per heavy atom. The highest BCUT2D eigenvalue weighted by Crippen LogP contribution is 2.18. The predicted molar refractivity (Wildman–Crippen MR) is 63.8 cm³/mol. The molecule has 4 nitrogen and oxygen atoms in total. The second kappa shape index (κ2) is 5.32. The number of nitrogen functional groups attached to an aromatic ring is 1. The molecule has 0 aliphatic rings. The Morgan fingerprint density at radius 3 is 2.81 bits per heavy atom. The van der Waals surface area contributed by atoms with Crippen molar-refractivity contribution in [2.45, 2.75) is 0 Å². The Morgan fingerprint density at radius 2 is 2.19 bits per heavy atom. The molecule has 84 valence electrons. The van der Waals surface area contributed by atoms with Crippen LogP contribution in [0.3, 0.4) is 0 Å². The number of allylic oxidation sites excluding steroid dienone is 1. The van der Waals surface area contributed by atoms with Gasteiger partial charge in [-0.15, -0.1) is 0 Å². The van der Waals surface area contributed by atoms with Gasteiger partial charge in [-0.1, -0.05) is 11.6 Å². The van der Waals surface area contributed by atoms with Gasteiger partial charge >= 0.3 is 5.97 Å². The van der Waals surface area contributed by atoms with Gasteiger partial charge < -0.3 is 15.9 Å².